The van der Waals surface area contributed by atoms with Crippen molar-refractivity contribution < 1.29 is 0 Å². The van der Waals surface area contributed by atoms with E-state index in [0.717, 1.165) is 21.3 Å². The zero-order valence-electron chi connectivity index (χ0n) is 10.9. The largest absolute Gasteiger partial charge is 0.356 e. The maximum absolute atomic E-state index is 4.51. The molecule has 1 saturated heterocycles. The first-order valence-electron chi connectivity index (χ1n) is 6.38. The molecular formula is C13H19Br2N3. The molecule has 1 fully saturated rings. The molecule has 5 heteroatoms. The van der Waals surface area contributed by atoms with Crippen LogP contribution in [-0.4, -0.2) is 42.6 Å². The van der Waals surface area contributed by atoms with Crippen LogP contribution in [0.25, 0.3) is 0 Å². The fourth-order valence-electron chi connectivity index (χ4n) is 2.46. The Kier molecular flexibility index (Phi) is 5.04. The Morgan fingerprint density at radius 1 is 1.39 bits per heavy atom. The van der Waals surface area contributed by atoms with Gasteiger partial charge in [-0.1, -0.05) is 6.92 Å². The Hall–Kier alpha value is -0.130. The molecule has 2 rings (SSSR count). The maximum atomic E-state index is 4.51. The van der Waals surface area contributed by atoms with Crippen molar-refractivity contribution in [1.29, 1.82) is 0 Å². The normalized spacial score (nSPS) is 18.0. The third kappa shape index (κ3) is 3.25. The average molecular weight is 377 g/mol. The molecule has 0 N–H and O–H groups in total. The number of anilines is 1. The Bertz CT molecular complexity index is 403. The van der Waals surface area contributed by atoms with Crippen LogP contribution in [0, 0.1) is 0 Å². The highest BCUT2D eigenvalue weighted by Crippen LogP contribution is 2.29. The Labute approximate surface area is 126 Å². The van der Waals surface area contributed by atoms with Gasteiger partial charge in [0.2, 0.25) is 0 Å². The van der Waals surface area contributed by atoms with Crippen LogP contribution in [0.2, 0.25) is 0 Å². The van der Waals surface area contributed by atoms with Crippen molar-refractivity contribution in [3.8, 4) is 0 Å². The third-order valence-electron chi connectivity index (χ3n) is 3.67. The van der Waals surface area contributed by atoms with Crippen LogP contribution in [0.15, 0.2) is 21.2 Å². The van der Waals surface area contributed by atoms with Crippen LogP contribution in [0.3, 0.4) is 0 Å². The number of nitrogens with zero attached hydrogens (tertiary/aromatic N) is 3. The summed E-state index contributed by atoms with van der Waals surface area (Å²) in [5.41, 5.74) is 0. The van der Waals surface area contributed by atoms with Crippen molar-refractivity contribution >= 4 is 37.7 Å². The lowest BCUT2D eigenvalue weighted by Crippen LogP contribution is -2.43. The van der Waals surface area contributed by atoms with Crippen LogP contribution in [-0.2, 0) is 0 Å². The highest BCUT2D eigenvalue weighted by Gasteiger charge is 2.23. The van der Waals surface area contributed by atoms with Gasteiger partial charge in [0, 0.05) is 36.8 Å². The zero-order chi connectivity index (χ0) is 13.1. The van der Waals surface area contributed by atoms with Gasteiger partial charge in [-0.2, -0.15) is 0 Å². The minimum Gasteiger partial charge on any atom is -0.356 e. The fourth-order valence-corrected chi connectivity index (χ4v) is 3.73. The third-order valence-corrected chi connectivity index (χ3v) is 4.69. The highest BCUT2D eigenvalue weighted by atomic mass is 79.9. The predicted octanol–water partition coefficient (Wildman–Crippen LogP) is 3.53. The number of rotatable bonds is 3. The first-order valence-corrected chi connectivity index (χ1v) is 7.96. The van der Waals surface area contributed by atoms with Crippen LogP contribution in [0.4, 0.5) is 5.82 Å². The maximum Gasteiger partial charge on any atom is 0.142 e. The Morgan fingerprint density at radius 2 is 2.06 bits per heavy atom. The van der Waals surface area contributed by atoms with Crippen molar-refractivity contribution in [1.82, 2.24) is 9.88 Å². The van der Waals surface area contributed by atoms with E-state index < -0.39 is 0 Å². The molecule has 0 saturated carbocycles. The highest BCUT2D eigenvalue weighted by molar-refractivity contribution is 9.11. The van der Waals surface area contributed by atoms with Crippen LogP contribution in [0.1, 0.15) is 19.8 Å². The molecule has 0 aliphatic carbocycles. The van der Waals surface area contributed by atoms with Crippen molar-refractivity contribution in [3.05, 3.63) is 21.2 Å². The van der Waals surface area contributed by atoms with E-state index in [2.05, 4.69) is 66.7 Å². The fraction of sp³-hybridized carbons (Fsp3) is 0.615. The number of halogens is 2. The standard InChI is InChI=1S/C13H19Br2N3/c1-3-18-6-4-11(5-7-18)17(2)13-12(15)8-10(14)9-16-13/h8-9,11H,3-7H2,1-2H3. The monoisotopic (exact) mass is 375 g/mol. The van der Waals surface area contributed by atoms with E-state index in [9.17, 15) is 0 Å². The summed E-state index contributed by atoms with van der Waals surface area (Å²) in [7, 11) is 2.15. The van der Waals surface area contributed by atoms with Crippen molar-refractivity contribution in [2.45, 2.75) is 25.8 Å². The molecule has 0 atom stereocenters. The van der Waals surface area contributed by atoms with Crippen molar-refractivity contribution in [2.75, 3.05) is 31.6 Å². The average Bonchev–Trinajstić information content (AvgIpc) is 2.38. The number of hydrogen-bond donors (Lipinski definition) is 0. The number of piperidine rings is 1. The summed E-state index contributed by atoms with van der Waals surface area (Å²) in [5, 5.41) is 0. The second kappa shape index (κ2) is 6.35. The SMILES string of the molecule is CCN1CCC(N(C)c2ncc(Br)cc2Br)CC1. The molecule has 0 aromatic carbocycles. The van der Waals surface area contributed by atoms with Gasteiger partial charge in [0.05, 0.1) is 4.47 Å². The summed E-state index contributed by atoms with van der Waals surface area (Å²) in [5.74, 6) is 1.04. The summed E-state index contributed by atoms with van der Waals surface area (Å²) >= 11 is 7.04. The molecule has 3 nitrogen and oxygen atoms in total. The number of aromatic nitrogens is 1. The smallest absolute Gasteiger partial charge is 0.142 e. The van der Waals surface area contributed by atoms with E-state index in [0.29, 0.717) is 6.04 Å². The first kappa shape index (κ1) is 14.3. The molecule has 2 heterocycles. The minimum absolute atomic E-state index is 0.595. The molecule has 0 amide bonds. The number of hydrogen-bond acceptors (Lipinski definition) is 3. The van der Waals surface area contributed by atoms with E-state index in [1.807, 2.05) is 6.20 Å². The lowest BCUT2D eigenvalue weighted by molar-refractivity contribution is 0.220. The second-order valence-corrected chi connectivity index (χ2v) is 6.51. The van der Waals surface area contributed by atoms with Crippen LogP contribution >= 0.6 is 31.9 Å². The molecule has 0 radical (unpaired) electrons. The predicted molar refractivity (Wildman–Crippen MR) is 83.2 cm³/mol. The molecule has 1 aromatic rings. The molecule has 1 aliphatic heterocycles. The molecule has 0 bridgehead atoms. The summed E-state index contributed by atoms with van der Waals surface area (Å²) < 4.78 is 2.06. The first-order chi connectivity index (χ1) is 8.61. The van der Waals surface area contributed by atoms with Gasteiger partial charge in [0.15, 0.2) is 0 Å². The van der Waals surface area contributed by atoms with Gasteiger partial charge in [-0.3, -0.25) is 0 Å². The quantitative estimate of drug-likeness (QED) is 0.804. The van der Waals surface area contributed by atoms with Gasteiger partial charge < -0.3 is 9.80 Å². The van der Waals surface area contributed by atoms with Gasteiger partial charge in [-0.25, -0.2) is 4.98 Å². The van der Waals surface area contributed by atoms with E-state index in [1.165, 1.54) is 25.9 Å². The van der Waals surface area contributed by atoms with E-state index in [1.54, 1.807) is 0 Å². The van der Waals surface area contributed by atoms with Gasteiger partial charge in [0.25, 0.3) is 0 Å². The van der Waals surface area contributed by atoms with Crippen molar-refractivity contribution in [3.63, 3.8) is 0 Å². The number of likely N-dealkylation sites (tertiary alicyclic amines) is 1. The summed E-state index contributed by atoms with van der Waals surface area (Å²) in [6, 6.07) is 2.65. The molecule has 100 valence electrons. The summed E-state index contributed by atoms with van der Waals surface area (Å²) in [6.45, 7) is 5.78. The van der Waals surface area contributed by atoms with E-state index >= 15 is 0 Å². The van der Waals surface area contributed by atoms with Gasteiger partial charge >= 0.3 is 0 Å². The molecule has 1 aromatic heterocycles. The molecule has 1 aliphatic rings. The summed E-state index contributed by atoms with van der Waals surface area (Å²) in [4.78, 5) is 9.33. The van der Waals surface area contributed by atoms with E-state index in [-0.39, 0.29) is 0 Å². The molecule has 18 heavy (non-hydrogen) atoms. The lowest BCUT2D eigenvalue weighted by Gasteiger charge is -2.37. The van der Waals surface area contributed by atoms with Gasteiger partial charge in [0.1, 0.15) is 5.82 Å². The lowest BCUT2D eigenvalue weighted by atomic mass is 10.0. The molecule has 0 unspecified atom stereocenters. The van der Waals surface area contributed by atoms with Crippen LogP contribution < -0.4 is 4.90 Å². The Morgan fingerprint density at radius 3 is 2.61 bits per heavy atom. The summed E-state index contributed by atoms with van der Waals surface area (Å²) in [6.07, 6.45) is 4.29. The topological polar surface area (TPSA) is 19.4 Å². The molecular weight excluding hydrogens is 358 g/mol. The van der Waals surface area contributed by atoms with Crippen molar-refractivity contribution in [2.24, 2.45) is 0 Å². The Balaban J connectivity index is 2.05. The van der Waals surface area contributed by atoms with Gasteiger partial charge in [-0.15, -0.1) is 0 Å². The van der Waals surface area contributed by atoms with E-state index in [4.69, 9.17) is 0 Å². The zero-order valence-corrected chi connectivity index (χ0v) is 14.0. The molecule has 0 spiro atoms. The van der Waals surface area contributed by atoms with Gasteiger partial charge in [-0.05, 0) is 57.3 Å². The number of pyridine rings is 1. The minimum atomic E-state index is 0.595. The van der Waals surface area contributed by atoms with Crippen LogP contribution in [0.5, 0.6) is 0 Å². The second-order valence-electron chi connectivity index (χ2n) is 4.74.